The second-order valence-electron chi connectivity index (χ2n) is 9.15. The van der Waals surface area contributed by atoms with Gasteiger partial charge in [0.1, 0.15) is 5.82 Å². The molecule has 0 aliphatic carbocycles. The summed E-state index contributed by atoms with van der Waals surface area (Å²) in [4.78, 5) is 26.0. The van der Waals surface area contributed by atoms with Gasteiger partial charge in [-0.1, -0.05) is 13.0 Å². The number of benzene rings is 1. The Hall–Kier alpha value is -3.73. The molecule has 1 fully saturated rings. The third-order valence-electron chi connectivity index (χ3n) is 6.44. The van der Waals surface area contributed by atoms with Gasteiger partial charge in [-0.3, -0.25) is 4.79 Å². The van der Waals surface area contributed by atoms with Gasteiger partial charge in [0.05, 0.1) is 22.2 Å². The van der Waals surface area contributed by atoms with Crippen LogP contribution in [0.1, 0.15) is 48.0 Å². The molecule has 0 saturated carbocycles. The zero-order valence-corrected chi connectivity index (χ0v) is 21.1. The number of alkyl halides is 3. The third kappa shape index (κ3) is 6.16. The van der Waals surface area contributed by atoms with Crippen molar-refractivity contribution >= 4 is 16.6 Å². The summed E-state index contributed by atoms with van der Waals surface area (Å²) in [5.74, 6) is 0.939. The number of nitrogens with one attached hydrogen (secondary N) is 1. The maximum absolute atomic E-state index is 13.0. The molecule has 37 heavy (non-hydrogen) atoms. The van der Waals surface area contributed by atoms with Crippen LogP contribution in [0.4, 0.5) is 18.9 Å². The van der Waals surface area contributed by atoms with Gasteiger partial charge in [0, 0.05) is 24.5 Å². The molecule has 0 unspecified atom stereocenters. The molecule has 196 valence electrons. The van der Waals surface area contributed by atoms with Gasteiger partial charge in [-0.2, -0.15) is 18.3 Å². The van der Waals surface area contributed by atoms with Gasteiger partial charge in [0.15, 0.2) is 5.82 Å². The van der Waals surface area contributed by atoms with Gasteiger partial charge < -0.3 is 15.6 Å². The maximum atomic E-state index is 13.0. The van der Waals surface area contributed by atoms with Crippen molar-refractivity contribution in [2.24, 2.45) is 0 Å². The summed E-state index contributed by atoms with van der Waals surface area (Å²) in [5.41, 5.74) is 6.15. The topological polar surface area (TPSA) is 106 Å². The minimum atomic E-state index is -4.65. The van der Waals surface area contributed by atoms with Crippen LogP contribution in [-0.2, 0) is 12.6 Å². The number of fused-ring (bicyclic) bond motifs is 1. The minimum Gasteiger partial charge on any atom is -0.398 e. The molecule has 1 aliphatic heterocycles. The van der Waals surface area contributed by atoms with Crippen LogP contribution in [-0.4, -0.2) is 49.3 Å². The van der Waals surface area contributed by atoms with Crippen LogP contribution >= 0.6 is 0 Å². The predicted molar refractivity (Wildman–Crippen MR) is 137 cm³/mol. The standard InChI is InChI=1S/C20H17F3N6O.C6H13N/c1-10-9-29(28-11(10)2)18-4-3-12(8-25-18)5-17-26-16-7-15(24)14(20(21,22)23)6-13(16)19(30)27-17;1-2-7-5-3-4-6-7/h3-4,6-9H,5,24H2,1-2H3,(H,26,27,30);2-6H2,1H3. The second kappa shape index (κ2) is 10.7. The van der Waals surface area contributed by atoms with Gasteiger partial charge in [-0.15, -0.1) is 0 Å². The first-order chi connectivity index (χ1) is 17.5. The molecular formula is C26H30F3N7O. The number of pyridine rings is 1. The van der Waals surface area contributed by atoms with Crippen LogP contribution in [0, 0.1) is 13.8 Å². The van der Waals surface area contributed by atoms with Gasteiger partial charge in [0.2, 0.25) is 0 Å². The summed E-state index contributed by atoms with van der Waals surface area (Å²) < 4.78 is 40.8. The van der Waals surface area contributed by atoms with E-state index >= 15 is 0 Å². The largest absolute Gasteiger partial charge is 0.418 e. The van der Waals surface area contributed by atoms with E-state index in [0.717, 1.165) is 29.0 Å². The summed E-state index contributed by atoms with van der Waals surface area (Å²) in [7, 11) is 0. The predicted octanol–water partition coefficient (Wildman–Crippen LogP) is 4.41. The third-order valence-corrected chi connectivity index (χ3v) is 6.44. The Morgan fingerprint density at radius 1 is 1.14 bits per heavy atom. The maximum Gasteiger partial charge on any atom is 0.418 e. The lowest BCUT2D eigenvalue weighted by Gasteiger charge is -2.11. The van der Waals surface area contributed by atoms with E-state index in [9.17, 15) is 18.0 Å². The Balaban J connectivity index is 0.000000396. The SMILES string of the molecule is CCN1CCCC1.Cc1cn(-c2ccc(Cc3nc4cc(N)c(C(F)(F)F)cc4c(=O)[nH]3)cn2)nc1C. The van der Waals surface area contributed by atoms with Gasteiger partial charge in [-0.05, 0) is 75.6 Å². The molecule has 0 radical (unpaired) electrons. The number of hydrogen-bond donors (Lipinski definition) is 2. The first-order valence-corrected chi connectivity index (χ1v) is 12.1. The zero-order valence-electron chi connectivity index (χ0n) is 21.1. The van der Waals surface area contributed by atoms with Crippen molar-refractivity contribution in [1.29, 1.82) is 0 Å². The molecule has 5 rings (SSSR count). The number of nitrogens with two attached hydrogens (primary N) is 1. The van der Waals surface area contributed by atoms with Crippen molar-refractivity contribution in [1.82, 2.24) is 29.6 Å². The number of rotatable bonds is 4. The van der Waals surface area contributed by atoms with Gasteiger partial charge in [-0.25, -0.2) is 14.6 Å². The van der Waals surface area contributed by atoms with Crippen molar-refractivity contribution in [3.8, 4) is 5.82 Å². The quantitative estimate of drug-likeness (QED) is 0.392. The van der Waals surface area contributed by atoms with Crippen molar-refractivity contribution in [3.05, 3.63) is 75.2 Å². The van der Waals surface area contributed by atoms with E-state index in [1.54, 1.807) is 16.9 Å². The van der Waals surface area contributed by atoms with Crippen LogP contribution in [0.2, 0.25) is 0 Å². The van der Waals surface area contributed by atoms with Crippen LogP contribution in [0.3, 0.4) is 0 Å². The highest BCUT2D eigenvalue weighted by Gasteiger charge is 2.33. The fourth-order valence-electron chi connectivity index (χ4n) is 4.19. The first-order valence-electron chi connectivity index (χ1n) is 12.1. The number of nitrogen functional groups attached to an aromatic ring is 1. The van der Waals surface area contributed by atoms with Gasteiger partial charge >= 0.3 is 6.18 Å². The number of aryl methyl sites for hydroxylation is 2. The Kier molecular flexibility index (Phi) is 7.63. The summed E-state index contributed by atoms with van der Waals surface area (Å²) in [6, 6.07) is 5.40. The smallest absolute Gasteiger partial charge is 0.398 e. The van der Waals surface area contributed by atoms with E-state index in [4.69, 9.17) is 5.73 Å². The summed E-state index contributed by atoms with van der Waals surface area (Å²) >= 11 is 0. The number of halogens is 3. The van der Waals surface area contributed by atoms with E-state index < -0.39 is 23.0 Å². The average Bonchev–Trinajstić information content (AvgIpc) is 3.48. The summed E-state index contributed by atoms with van der Waals surface area (Å²) in [5, 5.41) is 4.21. The molecule has 1 saturated heterocycles. The van der Waals surface area contributed by atoms with Crippen molar-refractivity contribution < 1.29 is 13.2 Å². The molecule has 0 atom stereocenters. The van der Waals surface area contributed by atoms with E-state index in [1.807, 2.05) is 26.1 Å². The molecular weight excluding hydrogens is 483 g/mol. The number of aromatic nitrogens is 5. The molecule has 3 aromatic heterocycles. The Bertz CT molecular complexity index is 1420. The first kappa shape index (κ1) is 26.3. The summed E-state index contributed by atoms with van der Waals surface area (Å²) in [6.07, 6.45) is 1.95. The molecule has 4 aromatic rings. The van der Waals surface area contributed by atoms with Crippen LogP contribution in [0.5, 0.6) is 0 Å². The lowest BCUT2D eigenvalue weighted by molar-refractivity contribution is -0.136. The molecule has 3 N–H and O–H groups in total. The number of H-pyrrole nitrogens is 1. The molecule has 0 spiro atoms. The number of hydrogen-bond acceptors (Lipinski definition) is 6. The van der Waals surface area contributed by atoms with Crippen LogP contribution in [0.15, 0.2) is 41.5 Å². The zero-order chi connectivity index (χ0) is 26.7. The monoisotopic (exact) mass is 513 g/mol. The fraction of sp³-hybridized carbons (Fsp3) is 0.385. The van der Waals surface area contributed by atoms with E-state index in [2.05, 4.69) is 31.9 Å². The highest BCUT2D eigenvalue weighted by Crippen LogP contribution is 2.35. The highest BCUT2D eigenvalue weighted by molar-refractivity contribution is 5.83. The van der Waals surface area contributed by atoms with Crippen LogP contribution < -0.4 is 11.3 Å². The molecule has 11 heteroatoms. The molecule has 0 amide bonds. The number of anilines is 1. The van der Waals surface area contributed by atoms with E-state index in [0.29, 0.717) is 11.6 Å². The molecule has 0 bridgehead atoms. The highest BCUT2D eigenvalue weighted by atomic mass is 19.4. The molecule has 8 nitrogen and oxygen atoms in total. The van der Waals surface area contributed by atoms with Crippen LogP contribution in [0.25, 0.3) is 16.7 Å². The average molecular weight is 514 g/mol. The Morgan fingerprint density at radius 2 is 1.86 bits per heavy atom. The minimum absolute atomic E-state index is 0.103. The lowest BCUT2D eigenvalue weighted by atomic mass is 10.1. The summed E-state index contributed by atoms with van der Waals surface area (Å²) in [6.45, 7) is 10.0. The number of likely N-dealkylation sites (tertiary alicyclic amines) is 1. The van der Waals surface area contributed by atoms with Crippen molar-refractivity contribution in [2.45, 2.75) is 46.2 Å². The molecule has 1 aromatic carbocycles. The van der Waals surface area contributed by atoms with Crippen molar-refractivity contribution in [2.75, 3.05) is 25.4 Å². The normalized spacial score (nSPS) is 14.1. The van der Waals surface area contributed by atoms with E-state index in [1.165, 1.54) is 32.5 Å². The molecule has 4 heterocycles. The van der Waals surface area contributed by atoms with E-state index in [-0.39, 0.29) is 17.3 Å². The number of aromatic amines is 1. The fourth-order valence-corrected chi connectivity index (χ4v) is 4.19. The van der Waals surface area contributed by atoms with Gasteiger partial charge in [0.25, 0.3) is 5.56 Å². The molecule has 1 aliphatic rings. The Labute approximate surface area is 212 Å². The second-order valence-corrected chi connectivity index (χ2v) is 9.15. The Morgan fingerprint density at radius 3 is 2.41 bits per heavy atom. The van der Waals surface area contributed by atoms with Crippen molar-refractivity contribution in [3.63, 3.8) is 0 Å². The lowest BCUT2D eigenvalue weighted by Crippen LogP contribution is -2.17. The number of nitrogens with zero attached hydrogens (tertiary/aromatic N) is 5.